The number of nitrogens with one attached hydrogen (secondary N) is 1. The van der Waals surface area contributed by atoms with E-state index in [1.807, 2.05) is 50.3 Å². The Kier molecular flexibility index (Phi) is 8.50. The first-order valence-corrected chi connectivity index (χ1v) is 7.80. The molecule has 0 aliphatic carbocycles. The number of carbonyl (C=O) groups is 2. The average molecular weight is 319 g/mol. The highest BCUT2D eigenvalue weighted by atomic mass is 16.6. The normalized spacial score (nSPS) is 11.3. The molecule has 0 saturated carbocycles. The SMILES string of the molecule is CCOC(=O)C(CC=C(C)C)NC(=O)OCCc1ccccc1. The first-order valence-electron chi connectivity index (χ1n) is 7.80. The molecule has 1 atom stereocenters. The summed E-state index contributed by atoms with van der Waals surface area (Å²) in [5, 5.41) is 2.56. The molecule has 1 amide bonds. The minimum atomic E-state index is -0.728. The van der Waals surface area contributed by atoms with Crippen molar-refractivity contribution in [2.24, 2.45) is 0 Å². The van der Waals surface area contributed by atoms with Gasteiger partial charge in [-0.25, -0.2) is 9.59 Å². The third-order valence-corrected chi connectivity index (χ3v) is 3.09. The van der Waals surface area contributed by atoms with E-state index in [9.17, 15) is 9.59 Å². The van der Waals surface area contributed by atoms with Gasteiger partial charge in [-0.1, -0.05) is 42.0 Å². The van der Waals surface area contributed by atoms with Gasteiger partial charge in [-0.2, -0.15) is 0 Å². The zero-order valence-corrected chi connectivity index (χ0v) is 14.0. The van der Waals surface area contributed by atoms with Crippen molar-refractivity contribution < 1.29 is 19.1 Å². The summed E-state index contributed by atoms with van der Waals surface area (Å²) in [7, 11) is 0. The Hall–Kier alpha value is -2.30. The van der Waals surface area contributed by atoms with E-state index in [0.717, 1.165) is 11.1 Å². The quantitative estimate of drug-likeness (QED) is 0.590. The summed E-state index contributed by atoms with van der Waals surface area (Å²) in [6, 6.07) is 9.02. The van der Waals surface area contributed by atoms with Gasteiger partial charge >= 0.3 is 12.1 Å². The molecule has 0 aliphatic heterocycles. The maximum absolute atomic E-state index is 11.9. The average Bonchev–Trinajstić information content (AvgIpc) is 2.52. The summed E-state index contributed by atoms with van der Waals surface area (Å²) < 4.78 is 10.1. The van der Waals surface area contributed by atoms with Crippen molar-refractivity contribution in [1.29, 1.82) is 0 Å². The monoisotopic (exact) mass is 319 g/mol. The number of rotatable bonds is 8. The predicted octanol–water partition coefficient (Wildman–Crippen LogP) is 3.24. The Morgan fingerprint density at radius 3 is 2.48 bits per heavy atom. The molecule has 1 rings (SSSR count). The molecular weight excluding hydrogens is 294 g/mol. The van der Waals surface area contributed by atoms with Gasteiger partial charge in [0.1, 0.15) is 6.04 Å². The van der Waals surface area contributed by atoms with E-state index in [1.54, 1.807) is 6.92 Å². The van der Waals surface area contributed by atoms with Gasteiger partial charge in [0.15, 0.2) is 0 Å². The molecule has 1 unspecified atom stereocenters. The fourth-order valence-electron chi connectivity index (χ4n) is 1.90. The molecule has 1 aromatic carbocycles. The Balaban J connectivity index is 2.45. The maximum Gasteiger partial charge on any atom is 0.407 e. The highest BCUT2D eigenvalue weighted by Gasteiger charge is 2.21. The molecule has 1 N–H and O–H groups in total. The molecule has 0 aromatic heterocycles. The van der Waals surface area contributed by atoms with Crippen molar-refractivity contribution in [1.82, 2.24) is 5.32 Å². The highest BCUT2D eigenvalue weighted by molar-refractivity contribution is 5.81. The van der Waals surface area contributed by atoms with E-state index < -0.39 is 18.1 Å². The number of esters is 1. The molecule has 0 radical (unpaired) electrons. The van der Waals surface area contributed by atoms with E-state index in [4.69, 9.17) is 9.47 Å². The number of benzene rings is 1. The molecule has 23 heavy (non-hydrogen) atoms. The molecule has 126 valence electrons. The molecule has 0 heterocycles. The number of hydrogen-bond acceptors (Lipinski definition) is 4. The number of allylic oxidation sites excluding steroid dienone is 1. The predicted molar refractivity (Wildman–Crippen MR) is 89.1 cm³/mol. The smallest absolute Gasteiger partial charge is 0.407 e. The standard InChI is InChI=1S/C18H25NO4/c1-4-22-17(20)16(11-10-14(2)3)19-18(21)23-13-12-15-8-6-5-7-9-15/h5-10,16H,4,11-13H2,1-3H3,(H,19,21). The van der Waals surface area contributed by atoms with Gasteiger partial charge < -0.3 is 14.8 Å². The van der Waals surface area contributed by atoms with Crippen molar-refractivity contribution in [2.45, 2.75) is 39.7 Å². The van der Waals surface area contributed by atoms with Crippen LogP contribution in [0.1, 0.15) is 32.8 Å². The Labute approximate surface area is 137 Å². The van der Waals surface area contributed by atoms with Gasteiger partial charge in [0.05, 0.1) is 13.2 Å². The largest absolute Gasteiger partial charge is 0.464 e. The van der Waals surface area contributed by atoms with Crippen LogP contribution < -0.4 is 5.32 Å². The van der Waals surface area contributed by atoms with E-state index in [1.165, 1.54) is 0 Å². The number of carbonyl (C=O) groups excluding carboxylic acids is 2. The van der Waals surface area contributed by atoms with Crippen molar-refractivity contribution in [2.75, 3.05) is 13.2 Å². The van der Waals surface area contributed by atoms with Crippen molar-refractivity contribution in [3.63, 3.8) is 0 Å². The van der Waals surface area contributed by atoms with Crippen LogP contribution in [-0.2, 0) is 20.7 Å². The second-order valence-electron chi connectivity index (χ2n) is 5.34. The van der Waals surface area contributed by atoms with Crippen LogP contribution in [0.5, 0.6) is 0 Å². The molecule has 0 aliphatic rings. The molecule has 0 spiro atoms. The van der Waals surface area contributed by atoms with Crippen LogP contribution in [0, 0.1) is 0 Å². The van der Waals surface area contributed by atoms with Crippen LogP contribution in [0.2, 0.25) is 0 Å². The lowest BCUT2D eigenvalue weighted by atomic mass is 10.1. The lowest BCUT2D eigenvalue weighted by Gasteiger charge is -2.16. The highest BCUT2D eigenvalue weighted by Crippen LogP contribution is 2.03. The van der Waals surface area contributed by atoms with E-state index >= 15 is 0 Å². The fourth-order valence-corrected chi connectivity index (χ4v) is 1.90. The zero-order chi connectivity index (χ0) is 17.1. The van der Waals surface area contributed by atoms with Crippen molar-refractivity contribution in [3.05, 3.63) is 47.5 Å². The summed E-state index contributed by atoms with van der Waals surface area (Å²) >= 11 is 0. The minimum absolute atomic E-state index is 0.258. The molecule has 5 nitrogen and oxygen atoms in total. The van der Waals surface area contributed by atoms with Crippen LogP contribution in [-0.4, -0.2) is 31.3 Å². The van der Waals surface area contributed by atoms with Crippen LogP contribution in [0.3, 0.4) is 0 Å². The van der Waals surface area contributed by atoms with Gasteiger partial charge in [-0.05, 0) is 32.8 Å². The van der Waals surface area contributed by atoms with E-state index in [0.29, 0.717) is 12.8 Å². The van der Waals surface area contributed by atoms with E-state index in [2.05, 4.69) is 5.32 Å². The van der Waals surface area contributed by atoms with Gasteiger partial charge in [-0.3, -0.25) is 0 Å². The Morgan fingerprint density at radius 2 is 1.87 bits per heavy atom. The maximum atomic E-state index is 11.9. The zero-order valence-electron chi connectivity index (χ0n) is 14.0. The molecule has 0 saturated heterocycles. The first-order chi connectivity index (χ1) is 11.0. The lowest BCUT2D eigenvalue weighted by Crippen LogP contribution is -2.42. The van der Waals surface area contributed by atoms with Gasteiger partial charge in [0, 0.05) is 6.42 Å². The topological polar surface area (TPSA) is 64.6 Å². The molecule has 5 heteroatoms. The minimum Gasteiger partial charge on any atom is -0.464 e. The lowest BCUT2D eigenvalue weighted by molar-refractivity contribution is -0.145. The number of ether oxygens (including phenoxy) is 2. The summed E-state index contributed by atoms with van der Waals surface area (Å²) in [5.74, 6) is -0.454. The summed E-state index contributed by atoms with van der Waals surface area (Å²) in [5.41, 5.74) is 2.16. The van der Waals surface area contributed by atoms with Gasteiger partial charge in [0.2, 0.25) is 0 Å². The fraction of sp³-hybridized carbons (Fsp3) is 0.444. The Morgan fingerprint density at radius 1 is 1.17 bits per heavy atom. The van der Waals surface area contributed by atoms with Crippen LogP contribution >= 0.6 is 0 Å². The van der Waals surface area contributed by atoms with Crippen molar-refractivity contribution >= 4 is 12.1 Å². The number of alkyl carbamates (subject to hydrolysis) is 1. The summed E-state index contributed by atoms with van der Waals surface area (Å²) in [6.07, 6.45) is 2.29. The second-order valence-corrected chi connectivity index (χ2v) is 5.34. The molecule has 1 aromatic rings. The Bertz CT molecular complexity index is 521. The van der Waals surface area contributed by atoms with Crippen LogP contribution in [0.4, 0.5) is 4.79 Å². The number of hydrogen-bond donors (Lipinski definition) is 1. The number of amides is 1. The third-order valence-electron chi connectivity index (χ3n) is 3.09. The summed E-state index contributed by atoms with van der Waals surface area (Å²) in [4.78, 5) is 23.7. The molecule has 0 fully saturated rings. The third kappa shape index (κ3) is 8.04. The van der Waals surface area contributed by atoms with Crippen LogP contribution in [0.25, 0.3) is 0 Å². The first kappa shape index (κ1) is 18.7. The van der Waals surface area contributed by atoms with Crippen molar-refractivity contribution in [3.8, 4) is 0 Å². The van der Waals surface area contributed by atoms with Gasteiger partial charge in [-0.15, -0.1) is 0 Å². The van der Waals surface area contributed by atoms with Gasteiger partial charge in [0.25, 0.3) is 0 Å². The second kappa shape index (κ2) is 10.4. The molecule has 0 bridgehead atoms. The molecular formula is C18H25NO4. The van der Waals surface area contributed by atoms with Crippen LogP contribution in [0.15, 0.2) is 42.0 Å². The summed E-state index contributed by atoms with van der Waals surface area (Å²) in [6.45, 7) is 6.12. The van der Waals surface area contributed by atoms with E-state index in [-0.39, 0.29) is 13.2 Å².